The van der Waals surface area contributed by atoms with E-state index in [1.54, 1.807) is 30.3 Å². The number of esters is 1. The van der Waals surface area contributed by atoms with Crippen LogP contribution < -0.4 is 5.32 Å². The van der Waals surface area contributed by atoms with Gasteiger partial charge in [0.05, 0.1) is 12.8 Å². The summed E-state index contributed by atoms with van der Waals surface area (Å²) >= 11 is 5.91. The number of ketones is 2. The number of methoxy groups -OCH3 is 1. The highest BCUT2D eigenvalue weighted by Gasteiger charge is 2.25. The molecular formula is C17H12ClNO5. The number of hydrogen-bond acceptors (Lipinski definition) is 5. The van der Waals surface area contributed by atoms with Gasteiger partial charge in [-0.15, -0.1) is 0 Å². The normalized spacial score (nSPS) is 9.92. The van der Waals surface area contributed by atoms with E-state index in [-0.39, 0.29) is 22.1 Å². The molecule has 0 fully saturated rings. The summed E-state index contributed by atoms with van der Waals surface area (Å²) in [6.07, 6.45) is 0. The van der Waals surface area contributed by atoms with E-state index in [0.717, 1.165) is 7.11 Å². The molecule has 2 rings (SSSR count). The number of anilines is 1. The second kappa shape index (κ2) is 7.52. The van der Waals surface area contributed by atoms with Crippen molar-refractivity contribution in [3.8, 4) is 0 Å². The first-order chi connectivity index (χ1) is 11.4. The Kier molecular flexibility index (Phi) is 5.44. The van der Waals surface area contributed by atoms with Crippen LogP contribution in [-0.4, -0.2) is 30.6 Å². The fourth-order valence-electron chi connectivity index (χ4n) is 1.92. The van der Waals surface area contributed by atoms with E-state index >= 15 is 0 Å². The number of halogens is 1. The van der Waals surface area contributed by atoms with Crippen LogP contribution in [0.3, 0.4) is 0 Å². The van der Waals surface area contributed by atoms with Crippen molar-refractivity contribution in [2.24, 2.45) is 0 Å². The fourth-order valence-corrected chi connectivity index (χ4v) is 2.09. The van der Waals surface area contributed by atoms with Crippen LogP contribution in [-0.2, 0) is 19.1 Å². The van der Waals surface area contributed by atoms with Gasteiger partial charge in [0.15, 0.2) is 5.78 Å². The minimum absolute atomic E-state index is 0.0653. The molecule has 0 atom stereocenters. The first-order valence-corrected chi connectivity index (χ1v) is 7.14. The summed E-state index contributed by atoms with van der Waals surface area (Å²) in [6, 6.07) is 12.5. The Hall–Kier alpha value is -2.99. The topological polar surface area (TPSA) is 89.5 Å². The lowest BCUT2D eigenvalue weighted by Gasteiger charge is -2.10. The van der Waals surface area contributed by atoms with E-state index in [1.807, 2.05) is 0 Å². The maximum absolute atomic E-state index is 12.6. The van der Waals surface area contributed by atoms with Crippen molar-refractivity contribution >= 4 is 40.7 Å². The Morgan fingerprint density at radius 2 is 1.67 bits per heavy atom. The Labute approximate surface area is 142 Å². The largest absolute Gasteiger partial charge is 0.463 e. The fraction of sp³-hybridized carbons (Fsp3) is 0.0588. The van der Waals surface area contributed by atoms with Gasteiger partial charge in [-0.2, -0.15) is 0 Å². The van der Waals surface area contributed by atoms with Crippen LogP contribution in [0.25, 0.3) is 0 Å². The van der Waals surface area contributed by atoms with Gasteiger partial charge in [0.1, 0.15) is 0 Å². The van der Waals surface area contributed by atoms with Crippen molar-refractivity contribution < 1.29 is 23.9 Å². The van der Waals surface area contributed by atoms with Crippen molar-refractivity contribution in [1.29, 1.82) is 0 Å². The molecule has 0 heterocycles. The lowest BCUT2D eigenvalue weighted by atomic mass is 10.0. The van der Waals surface area contributed by atoms with Gasteiger partial charge in [0.2, 0.25) is 0 Å². The second-order valence-electron chi connectivity index (χ2n) is 4.66. The molecule has 0 aliphatic carbocycles. The molecule has 2 aromatic carbocycles. The number of benzene rings is 2. The standard InChI is InChI=1S/C17H12ClNO5/c1-24-17(23)15(21)16(22)19-13-8-7-11(18)9-12(13)14(20)10-5-3-2-4-6-10/h2-9H,1H3,(H,19,22). The smallest absolute Gasteiger partial charge is 0.384 e. The predicted molar refractivity (Wildman–Crippen MR) is 87.0 cm³/mol. The molecule has 0 unspecified atom stereocenters. The number of carbonyl (C=O) groups excluding carboxylic acids is 4. The second-order valence-corrected chi connectivity index (χ2v) is 5.10. The van der Waals surface area contributed by atoms with Crippen molar-refractivity contribution in [3.05, 3.63) is 64.7 Å². The van der Waals surface area contributed by atoms with Gasteiger partial charge in [-0.25, -0.2) is 4.79 Å². The number of Topliss-reactive ketones (excluding diaryl/α,β-unsaturated/α-hetero) is 1. The highest BCUT2D eigenvalue weighted by molar-refractivity contribution is 6.63. The first kappa shape index (κ1) is 17.4. The van der Waals surface area contributed by atoms with Crippen LogP contribution in [0.5, 0.6) is 0 Å². The molecule has 1 N–H and O–H groups in total. The average molecular weight is 346 g/mol. The van der Waals surface area contributed by atoms with Gasteiger partial charge in [-0.3, -0.25) is 14.4 Å². The summed E-state index contributed by atoms with van der Waals surface area (Å²) in [5, 5.41) is 2.52. The van der Waals surface area contributed by atoms with Gasteiger partial charge in [-0.05, 0) is 18.2 Å². The minimum atomic E-state index is -1.37. The van der Waals surface area contributed by atoms with Crippen molar-refractivity contribution in [1.82, 2.24) is 0 Å². The maximum Gasteiger partial charge on any atom is 0.384 e. The summed E-state index contributed by atoms with van der Waals surface area (Å²) < 4.78 is 4.20. The number of amides is 1. The number of hydrogen-bond donors (Lipinski definition) is 1. The molecule has 24 heavy (non-hydrogen) atoms. The molecule has 0 aromatic heterocycles. The van der Waals surface area contributed by atoms with E-state index < -0.39 is 17.7 Å². The van der Waals surface area contributed by atoms with Crippen molar-refractivity contribution in [2.45, 2.75) is 0 Å². The van der Waals surface area contributed by atoms with E-state index in [0.29, 0.717) is 5.56 Å². The third-order valence-electron chi connectivity index (χ3n) is 3.09. The lowest BCUT2D eigenvalue weighted by Crippen LogP contribution is -2.31. The van der Waals surface area contributed by atoms with Crippen molar-refractivity contribution in [3.63, 3.8) is 0 Å². The summed E-state index contributed by atoms with van der Waals surface area (Å²) in [4.78, 5) is 47.0. The summed E-state index contributed by atoms with van der Waals surface area (Å²) in [5.74, 6) is -4.26. The highest BCUT2D eigenvalue weighted by atomic mass is 35.5. The number of rotatable bonds is 5. The van der Waals surface area contributed by atoms with E-state index in [2.05, 4.69) is 10.1 Å². The van der Waals surface area contributed by atoms with Gasteiger partial charge in [0.25, 0.3) is 0 Å². The van der Waals surface area contributed by atoms with Gasteiger partial charge in [-0.1, -0.05) is 41.9 Å². The van der Waals surface area contributed by atoms with Crippen LogP contribution in [0, 0.1) is 0 Å². The molecule has 0 saturated carbocycles. The molecule has 7 heteroatoms. The van der Waals surface area contributed by atoms with E-state index in [4.69, 9.17) is 11.6 Å². The zero-order valence-corrected chi connectivity index (χ0v) is 13.3. The Morgan fingerprint density at radius 1 is 1.00 bits per heavy atom. The van der Waals surface area contributed by atoms with Crippen LogP contribution in [0.1, 0.15) is 15.9 Å². The Bertz CT molecular complexity index is 817. The maximum atomic E-state index is 12.6. The quantitative estimate of drug-likeness (QED) is 0.388. The number of ether oxygens (including phenoxy) is 1. The van der Waals surface area contributed by atoms with Gasteiger partial charge >= 0.3 is 17.7 Å². The van der Waals surface area contributed by atoms with Crippen LogP contribution in [0.2, 0.25) is 5.02 Å². The molecule has 122 valence electrons. The average Bonchev–Trinajstić information content (AvgIpc) is 2.61. The molecule has 2 aromatic rings. The number of nitrogens with one attached hydrogen (secondary N) is 1. The molecule has 0 saturated heterocycles. The molecule has 0 radical (unpaired) electrons. The van der Waals surface area contributed by atoms with E-state index in [1.165, 1.54) is 18.2 Å². The molecule has 0 spiro atoms. The third kappa shape index (κ3) is 3.85. The molecule has 0 aliphatic heterocycles. The van der Waals surface area contributed by atoms with Gasteiger partial charge in [0, 0.05) is 16.1 Å². The molecule has 0 bridgehead atoms. The summed E-state index contributed by atoms with van der Waals surface area (Å²) in [5.41, 5.74) is 0.546. The molecule has 1 amide bonds. The SMILES string of the molecule is COC(=O)C(=O)C(=O)Nc1ccc(Cl)cc1C(=O)c1ccccc1. The van der Waals surface area contributed by atoms with Gasteiger partial charge < -0.3 is 10.1 Å². The number of carbonyl (C=O) groups is 4. The molecule has 6 nitrogen and oxygen atoms in total. The first-order valence-electron chi connectivity index (χ1n) is 6.77. The minimum Gasteiger partial charge on any atom is -0.463 e. The van der Waals surface area contributed by atoms with E-state index in [9.17, 15) is 19.2 Å². The molecular weight excluding hydrogens is 334 g/mol. The monoisotopic (exact) mass is 345 g/mol. The van der Waals surface area contributed by atoms with Crippen LogP contribution in [0.4, 0.5) is 5.69 Å². The molecule has 0 aliphatic rings. The Morgan fingerprint density at radius 3 is 2.29 bits per heavy atom. The van der Waals surface area contributed by atoms with Crippen LogP contribution in [0.15, 0.2) is 48.5 Å². The zero-order valence-electron chi connectivity index (χ0n) is 12.5. The third-order valence-corrected chi connectivity index (χ3v) is 3.32. The zero-order chi connectivity index (χ0) is 17.7. The predicted octanol–water partition coefficient (Wildman–Crippen LogP) is 2.25. The highest BCUT2D eigenvalue weighted by Crippen LogP contribution is 2.23. The summed E-state index contributed by atoms with van der Waals surface area (Å²) in [7, 11) is 0.986. The summed E-state index contributed by atoms with van der Waals surface area (Å²) in [6.45, 7) is 0. The van der Waals surface area contributed by atoms with Crippen LogP contribution >= 0.6 is 11.6 Å². The van der Waals surface area contributed by atoms with Crippen molar-refractivity contribution in [2.75, 3.05) is 12.4 Å². The lowest BCUT2D eigenvalue weighted by molar-refractivity contribution is -0.154. The Balaban J connectivity index is 2.35.